The van der Waals surface area contributed by atoms with Gasteiger partial charge < -0.3 is 15.1 Å². The highest BCUT2D eigenvalue weighted by Crippen LogP contribution is 2.23. The largest absolute Gasteiger partial charge is 0.459 e. The maximum atomic E-state index is 12.4. The quantitative estimate of drug-likeness (QED) is 0.752. The number of furan rings is 1. The van der Waals surface area contributed by atoms with Gasteiger partial charge in [-0.05, 0) is 48.4 Å². The van der Waals surface area contributed by atoms with Gasteiger partial charge in [-0.25, -0.2) is 0 Å². The minimum Gasteiger partial charge on any atom is -0.459 e. The Bertz CT molecular complexity index is 809. The van der Waals surface area contributed by atoms with E-state index < -0.39 is 11.9 Å². The first-order valence-electron chi connectivity index (χ1n) is 10.3. The van der Waals surface area contributed by atoms with Crippen molar-refractivity contribution in [3.05, 3.63) is 59.5 Å². The predicted molar refractivity (Wildman–Crippen MR) is 112 cm³/mol. The molecule has 0 spiro atoms. The molecule has 0 bridgehead atoms. The van der Waals surface area contributed by atoms with Crippen molar-refractivity contribution < 1.29 is 14.0 Å². The summed E-state index contributed by atoms with van der Waals surface area (Å²) >= 11 is 0. The molecule has 1 aromatic heterocycles. The topological polar surface area (TPSA) is 74.6 Å². The van der Waals surface area contributed by atoms with E-state index in [2.05, 4.69) is 41.5 Å². The molecular weight excluding hydrogens is 366 g/mol. The molecule has 3 atom stereocenters. The van der Waals surface area contributed by atoms with Crippen LogP contribution in [0.5, 0.6) is 0 Å². The van der Waals surface area contributed by atoms with Crippen LogP contribution in [0, 0.1) is 11.8 Å². The number of amides is 2. The number of piperidine rings is 1. The fourth-order valence-electron chi connectivity index (χ4n) is 4.12. The smallest absolute Gasteiger partial charge is 0.287 e. The third-order valence-electron chi connectivity index (χ3n) is 5.40. The number of benzene rings is 1. The second-order valence-corrected chi connectivity index (χ2v) is 8.30. The maximum absolute atomic E-state index is 12.4. The highest BCUT2D eigenvalue weighted by molar-refractivity contribution is 5.95. The molecule has 2 N–H and O–H groups in total. The molecule has 1 aromatic carbocycles. The van der Waals surface area contributed by atoms with Crippen LogP contribution < -0.4 is 10.6 Å². The molecule has 1 saturated heterocycles. The molecule has 1 aliphatic rings. The van der Waals surface area contributed by atoms with Gasteiger partial charge in [0.1, 0.15) is 6.04 Å². The zero-order chi connectivity index (χ0) is 20.8. The van der Waals surface area contributed by atoms with Crippen molar-refractivity contribution in [1.29, 1.82) is 0 Å². The average Bonchev–Trinajstić information content (AvgIpc) is 3.21. The number of hydrogen-bond acceptors (Lipinski definition) is 4. The highest BCUT2D eigenvalue weighted by atomic mass is 16.3. The van der Waals surface area contributed by atoms with Gasteiger partial charge in [0.05, 0.1) is 6.26 Å². The summed E-state index contributed by atoms with van der Waals surface area (Å²) in [6.07, 6.45) is 2.72. The first-order valence-corrected chi connectivity index (χ1v) is 10.3. The number of carbonyl (C=O) groups excluding carboxylic acids is 2. The summed E-state index contributed by atoms with van der Waals surface area (Å²) in [4.78, 5) is 27.0. The molecule has 3 rings (SSSR count). The molecule has 2 amide bonds. The van der Waals surface area contributed by atoms with Gasteiger partial charge >= 0.3 is 0 Å². The number of nitrogens with zero attached hydrogens (tertiary/aromatic N) is 1. The Morgan fingerprint density at radius 3 is 2.45 bits per heavy atom. The van der Waals surface area contributed by atoms with Crippen LogP contribution in [0.4, 0.5) is 0 Å². The van der Waals surface area contributed by atoms with Crippen LogP contribution in [-0.2, 0) is 17.9 Å². The lowest BCUT2D eigenvalue weighted by molar-refractivity contribution is -0.122. The Morgan fingerprint density at radius 1 is 1.10 bits per heavy atom. The zero-order valence-electron chi connectivity index (χ0n) is 17.5. The molecular formula is C23H31N3O3. The first kappa shape index (κ1) is 21.1. The number of likely N-dealkylation sites (tertiary alicyclic amines) is 1. The van der Waals surface area contributed by atoms with Crippen LogP contribution in [0.1, 0.15) is 48.9 Å². The van der Waals surface area contributed by atoms with E-state index >= 15 is 0 Å². The summed E-state index contributed by atoms with van der Waals surface area (Å²) < 4.78 is 5.06. The zero-order valence-corrected chi connectivity index (χ0v) is 17.5. The van der Waals surface area contributed by atoms with Gasteiger partial charge in [0.15, 0.2) is 5.76 Å². The molecule has 0 aliphatic carbocycles. The predicted octanol–water partition coefficient (Wildman–Crippen LogP) is 3.19. The van der Waals surface area contributed by atoms with Crippen LogP contribution in [0.2, 0.25) is 0 Å². The molecule has 2 aromatic rings. The Hall–Kier alpha value is -2.60. The SMILES string of the molecule is C[C@@H]1C[C@@H](C)CN(Cc2ccccc2CNC(=O)[C@H](C)NC(=O)c2ccco2)C1. The molecule has 0 unspecified atom stereocenters. The van der Waals surface area contributed by atoms with Crippen molar-refractivity contribution >= 4 is 11.8 Å². The summed E-state index contributed by atoms with van der Waals surface area (Å²) in [7, 11) is 0. The van der Waals surface area contributed by atoms with Crippen LogP contribution in [-0.4, -0.2) is 35.8 Å². The molecule has 6 heteroatoms. The van der Waals surface area contributed by atoms with Crippen molar-refractivity contribution in [2.45, 2.75) is 46.3 Å². The normalized spacial score (nSPS) is 20.8. The molecule has 0 radical (unpaired) electrons. The fraction of sp³-hybridized carbons (Fsp3) is 0.478. The number of carbonyl (C=O) groups is 2. The Balaban J connectivity index is 1.55. The standard InChI is InChI=1S/C23H31N3O3/c1-16-11-17(2)14-26(13-16)15-20-8-5-4-7-19(20)12-24-22(27)18(3)25-23(28)21-9-6-10-29-21/h4-10,16-18H,11-15H2,1-3H3,(H,24,27)(H,25,28)/t16-,17-,18+/m1/s1. The van der Waals surface area contributed by atoms with Gasteiger partial charge in [-0.15, -0.1) is 0 Å². The van der Waals surface area contributed by atoms with E-state index in [4.69, 9.17) is 4.42 Å². The van der Waals surface area contributed by atoms with Crippen LogP contribution >= 0.6 is 0 Å². The minimum absolute atomic E-state index is 0.194. The van der Waals surface area contributed by atoms with E-state index in [9.17, 15) is 9.59 Å². The van der Waals surface area contributed by atoms with Crippen LogP contribution in [0.15, 0.2) is 47.1 Å². The van der Waals surface area contributed by atoms with Gasteiger partial charge in [-0.2, -0.15) is 0 Å². The third kappa shape index (κ3) is 5.94. The molecule has 6 nitrogen and oxygen atoms in total. The maximum Gasteiger partial charge on any atom is 0.287 e. The molecule has 156 valence electrons. The lowest BCUT2D eigenvalue weighted by Crippen LogP contribution is -2.44. The minimum atomic E-state index is -0.649. The van der Waals surface area contributed by atoms with Gasteiger partial charge in [-0.3, -0.25) is 14.5 Å². The Kier molecular flexibility index (Phi) is 7.09. The van der Waals surface area contributed by atoms with E-state index in [1.54, 1.807) is 19.1 Å². The summed E-state index contributed by atoms with van der Waals surface area (Å²) in [5.41, 5.74) is 2.35. The monoisotopic (exact) mass is 397 g/mol. The van der Waals surface area contributed by atoms with Crippen molar-refractivity contribution in [2.75, 3.05) is 13.1 Å². The fourth-order valence-corrected chi connectivity index (χ4v) is 4.12. The second kappa shape index (κ2) is 9.74. The molecule has 1 aliphatic heterocycles. The number of rotatable bonds is 7. The average molecular weight is 398 g/mol. The number of nitrogens with one attached hydrogen (secondary N) is 2. The van der Waals surface area contributed by atoms with Gasteiger partial charge in [0.2, 0.25) is 5.91 Å². The van der Waals surface area contributed by atoms with E-state index in [0.717, 1.165) is 25.2 Å². The molecule has 29 heavy (non-hydrogen) atoms. The van der Waals surface area contributed by atoms with Crippen molar-refractivity contribution in [3.8, 4) is 0 Å². The third-order valence-corrected chi connectivity index (χ3v) is 5.40. The molecule has 2 heterocycles. The van der Waals surface area contributed by atoms with Crippen LogP contribution in [0.3, 0.4) is 0 Å². The lowest BCUT2D eigenvalue weighted by atomic mass is 9.91. The lowest BCUT2D eigenvalue weighted by Gasteiger charge is -2.35. The summed E-state index contributed by atoms with van der Waals surface area (Å²) in [6.45, 7) is 9.85. The van der Waals surface area contributed by atoms with Gasteiger partial charge in [-0.1, -0.05) is 38.1 Å². The number of hydrogen-bond donors (Lipinski definition) is 2. The Labute approximate surface area is 172 Å². The first-order chi connectivity index (χ1) is 13.9. The summed E-state index contributed by atoms with van der Waals surface area (Å²) in [6, 6.07) is 10.8. The van der Waals surface area contributed by atoms with E-state index in [1.807, 2.05) is 12.1 Å². The second-order valence-electron chi connectivity index (χ2n) is 8.30. The van der Waals surface area contributed by atoms with Crippen molar-refractivity contribution in [3.63, 3.8) is 0 Å². The molecule has 1 fully saturated rings. The van der Waals surface area contributed by atoms with Crippen molar-refractivity contribution in [1.82, 2.24) is 15.5 Å². The highest BCUT2D eigenvalue weighted by Gasteiger charge is 2.22. The summed E-state index contributed by atoms with van der Waals surface area (Å²) in [5, 5.41) is 5.60. The van der Waals surface area contributed by atoms with Gasteiger partial charge in [0, 0.05) is 26.2 Å². The van der Waals surface area contributed by atoms with E-state index in [0.29, 0.717) is 18.4 Å². The van der Waals surface area contributed by atoms with Crippen LogP contribution in [0.25, 0.3) is 0 Å². The van der Waals surface area contributed by atoms with E-state index in [-0.39, 0.29) is 11.7 Å². The summed E-state index contributed by atoms with van der Waals surface area (Å²) in [5.74, 6) is 1.000. The van der Waals surface area contributed by atoms with Crippen molar-refractivity contribution in [2.24, 2.45) is 11.8 Å². The van der Waals surface area contributed by atoms with Gasteiger partial charge in [0.25, 0.3) is 5.91 Å². The van der Waals surface area contributed by atoms with E-state index in [1.165, 1.54) is 18.2 Å². The molecule has 0 saturated carbocycles. The Morgan fingerprint density at radius 2 is 1.79 bits per heavy atom.